The summed E-state index contributed by atoms with van der Waals surface area (Å²) in [7, 11) is 1.57. The molecule has 8 nitrogen and oxygen atoms in total. The van der Waals surface area contributed by atoms with E-state index in [-0.39, 0.29) is 11.4 Å². The number of carbonyl (C=O) groups excluding carboxylic acids is 1. The molecule has 0 fully saturated rings. The molecule has 0 unspecified atom stereocenters. The standard InChI is InChI=1S/C25H22N4O4/c1-32-24-13-19(9-12-23(24)33-16-18-5-3-2-4-6-18)21-14-22(28-27-21)25(31)29-26-15-17-7-10-20(30)11-8-17/h2-15,30H,16H2,1H3,(H,27,28)(H,29,31)/b26-15+. The lowest BCUT2D eigenvalue weighted by atomic mass is 10.1. The maximum absolute atomic E-state index is 12.3. The maximum Gasteiger partial charge on any atom is 0.289 e. The number of aromatic amines is 1. The molecule has 0 radical (unpaired) electrons. The van der Waals surface area contributed by atoms with Gasteiger partial charge in [-0.05, 0) is 59.7 Å². The Kier molecular flexibility index (Phi) is 6.65. The molecule has 0 aliphatic heterocycles. The summed E-state index contributed by atoms with van der Waals surface area (Å²) in [4.78, 5) is 12.3. The molecule has 0 spiro atoms. The van der Waals surface area contributed by atoms with Gasteiger partial charge in [0, 0.05) is 5.56 Å². The van der Waals surface area contributed by atoms with E-state index < -0.39 is 5.91 Å². The molecule has 1 amide bonds. The van der Waals surface area contributed by atoms with Crippen molar-refractivity contribution < 1.29 is 19.4 Å². The second-order valence-electron chi connectivity index (χ2n) is 7.10. The first-order valence-corrected chi connectivity index (χ1v) is 10.2. The number of methoxy groups -OCH3 is 1. The summed E-state index contributed by atoms with van der Waals surface area (Å²) in [5.74, 6) is 0.908. The number of ether oxygens (including phenoxy) is 2. The maximum atomic E-state index is 12.3. The van der Waals surface area contributed by atoms with Crippen LogP contribution in [0.1, 0.15) is 21.6 Å². The first kappa shape index (κ1) is 21.6. The first-order chi connectivity index (χ1) is 16.1. The van der Waals surface area contributed by atoms with Crippen molar-refractivity contribution >= 4 is 12.1 Å². The number of phenols is 1. The van der Waals surface area contributed by atoms with Crippen molar-refractivity contribution in [3.8, 4) is 28.5 Å². The number of nitrogens with one attached hydrogen (secondary N) is 2. The third-order valence-electron chi connectivity index (χ3n) is 4.79. The number of hydrazone groups is 1. The second kappa shape index (κ2) is 10.1. The van der Waals surface area contributed by atoms with Crippen molar-refractivity contribution in [2.45, 2.75) is 6.61 Å². The van der Waals surface area contributed by atoms with Crippen LogP contribution in [0, 0.1) is 0 Å². The number of amides is 1. The average molecular weight is 442 g/mol. The van der Waals surface area contributed by atoms with Gasteiger partial charge in [0.1, 0.15) is 18.1 Å². The van der Waals surface area contributed by atoms with Crippen molar-refractivity contribution in [3.05, 3.63) is 95.7 Å². The van der Waals surface area contributed by atoms with Crippen LogP contribution in [0.4, 0.5) is 0 Å². The molecule has 33 heavy (non-hydrogen) atoms. The zero-order valence-corrected chi connectivity index (χ0v) is 17.9. The fraction of sp³-hybridized carbons (Fsp3) is 0.0800. The molecule has 0 saturated carbocycles. The van der Waals surface area contributed by atoms with Gasteiger partial charge in [0.15, 0.2) is 11.5 Å². The van der Waals surface area contributed by atoms with Crippen molar-refractivity contribution in [1.82, 2.24) is 15.6 Å². The number of hydrogen-bond donors (Lipinski definition) is 3. The number of phenolic OH excluding ortho intramolecular Hbond substituents is 1. The highest BCUT2D eigenvalue weighted by Gasteiger charge is 2.13. The molecule has 0 saturated heterocycles. The highest BCUT2D eigenvalue weighted by Crippen LogP contribution is 2.32. The van der Waals surface area contributed by atoms with E-state index in [4.69, 9.17) is 9.47 Å². The van der Waals surface area contributed by atoms with E-state index in [0.717, 1.165) is 16.7 Å². The number of aromatic nitrogens is 2. The predicted octanol–water partition coefficient (Wildman–Crippen LogP) is 4.13. The fourth-order valence-corrected chi connectivity index (χ4v) is 3.05. The summed E-state index contributed by atoms with van der Waals surface area (Å²) in [6, 6.07) is 23.4. The molecule has 0 bridgehead atoms. The normalized spacial score (nSPS) is 10.8. The Bertz CT molecular complexity index is 1250. The Labute approximate surface area is 190 Å². The minimum Gasteiger partial charge on any atom is -0.508 e. The third kappa shape index (κ3) is 5.56. The average Bonchev–Trinajstić information content (AvgIpc) is 3.35. The smallest absolute Gasteiger partial charge is 0.289 e. The van der Waals surface area contributed by atoms with E-state index in [1.54, 1.807) is 31.4 Å². The number of aromatic hydroxyl groups is 1. The quantitative estimate of drug-likeness (QED) is 0.281. The zero-order valence-electron chi connectivity index (χ0n) is 17.9. The Morgan fingerprint density at radius 1 is 1.06 bits per heavy atom. The van der Waals surface area contributed by atoms with Crippen molar-refractivity contribution in [2.75, 3.05) is 7.11 Å². The van der Waals surface area contributed by atoms with Gasteiger partial charge in [0.2, 0.25) is 0 Å². The van der Waals surface area contributed by atoms with Gasteiger partial charge in [-0.2, -0.15) is 10.2 Å². The molecular formula is C25H22N4O4. The van der Waals surface area contributed by atoms with Crippen LogP contribution >= 0.6 is 0 Å². The van der Waals surface area contributed by atoms with Gasteiger partial charge in [-0.3, -0.25) is 9.89 Å². The van der Waals surface area contributed by atoms with Crippen LogP contribution in [-0.4, -0.2) is 34.5 Å². The van der Waals surface area contributed by atoms with E-state index >= 15 is 0 Å². The van der Waals surface area contributed by atoms with Gasteiger partial charge >= 0.3 is 0 Å². The van der Waals surface area contributed by atoms with Crippen molar-refractivity contribution in [3.63, 3.8) is 0 Å². The van der Waals surface area contributed by atoms with E-state index in [1.807, 2.05) is 42.5 Å². The van der Waals surface area contributed by atoms with Gasteiger partial charge in [-0.15, -0.1) is 0 Å². The van der Waals surface area contributed by atoms with Crippen LogP contribution in [0.25, 0.3) is 11.3 Å². The lowest BCUT2D eigenvalue weighted by Gasteiger charge is -2.11. The van der Waals surface area contributed by atoms with Crippen molar-refractivity contribution in [2.24, 2.45) is 5.10 Å². The molecule has 1 heterocycles. The molecule has 0 atom stereocenters. The molecule has 4 rings (SSSR count). The third-order valence-corrected chi connectivity index (χ3v) is 4.79. The zero-order chi connectivity index (χ0) is 23.0. The fourth-order valence-electron chi connectivity index (χ4n) is 3.05. The highest BCUT2D eigenvalue weighted by molar-refractivity contribution is 5.94. The van der Waals surface area contributed by atoms with Crippen LogP contribution < -0.4 is 14.9 Å². The number of hydrogen-bond acceptors (Lipinski definition) is 6. The molecule has 0 aliphatic carbocycles. The molecule has 3 N–H and O–H groups in total. The first-order valence-electron chi connectivity index (χ1n) is 10.2. The highest BCUT2D eigenvalue weighted by atomic mass is 16.5. The number of rotatable bonds is 8. The van der Waals surface area contributed by atoms with E-state index in [1.165, 1.54) is 18.3 Å². The minimum absolute atomic E-state index is 0.161. The van der Waals surface area contributed by atoms with Gasteiger partial charge in [-0.25, -0.2) is 5.43 Å². The lowest BCUT2D eigenvalue weighted by molar-refractivity contribution is 0.0950. The van der Waals surface area contributed by atoms with Crippen LogP contribution in [0.3, 0.4) is 0 Å². The Morgan fingerprint density at radius 2 is 1.85 bits per heavy atom. The molecule has 0 aliphatic rings. The summed E-state index contributed by atoms with van der Waals surface area (Å²) in [5.41, 5.74) is 5.84. The molecule has 4 aromatic rings. The van der Waals surface area contributed by atoms with E-state index in [9.17, 15) is 9.90 Å². The van der Waals surface area contributed by atoms with Gasteiger partial charge < -0.3 is 14.6 Å². The van der Waals surface area contributed by atoms with Gasteiger partial charge in [0.25, 0.3) is 5.91 Å². The van der Waals surface area contributed by atoms with Crippen LogP contribution in [0.15, 0.2) is 84.0 Å². The molecule has 1 aromatic heterocycles. The minimum atomic E-state index is -0.432. The summed E-state index contributed by atoms with van der Waals surface area (Å²) >= 11 is 0. The van der Waals surface area contributed by atoms with Crippen LogP contribution in [0.5, 0.6) is 17.2 Å². The SMILES string of the molecule is COc1cc(-c2cc(C(=O)N/N=C/c3ccc(O)cc3)[nH]n2)ccc1OCc1ccccc1. The summed E-state index contributed by atoms with van der Waals surface area (Å²) in [6.45, 7) is 0.425. The second-order valence-corrected chi connectivity index (χ2v) is 7.10. The summed E-state index contributed by atoms with van der Waals surface area (Å²) < 4.78 is 11.4. The van der Waals surface area contributed by atoms with E-state index in [0.29, 0.717) is 23.8 Å². The van der Waals surface area contributed by atoms with Crippen LogP contribution in [0.2, 0.25) is 0 Å². The lowest BCUT2D eigenvalue weighted by Crippen LogP contribution is -2.17. The topological polar surface area (TPSA) is 109 Å². The molecule has 3 aromatic carbocycles. The molecule has 166 valence electrons. The Hall–Kier alpha value is -4.59. The number of carbonyl (C=O) groups is 1. The number of benzene rings is 3. The van der Waals surface area contributed by atoms with Gasteiger partial charge in [-0.1, -0.05) is 30.3 Å². The van der Waals surface area contributed by atoms with E-state index in [2.05, 4.69) is 20.7 Å². The Balaban J connectivity index is 1.41. The van der Waals surface area contributed by atoms with Gasteiger partial charge in [0.05, 0.1) is 19.0 Å². The van der Waals surface area contributed by atoms with Crippen molar-refractivity contribution in [1.29, 1.82) is 0 Å². The molecular weight excluding hydrogens is 420 g/mol. The Morgan fingerprint density at radius 3 is 2.61 bits per heavy atom. The number of nitrogens with zero attached hydrogens (tertiary/aromatic N) is 2. The largest absolute Gasteiger partial charge is 0.508 e. The molecule has 8 heteroatoms. The predicted molar refractivity (Wildman–Crippen MR) is 125 cm³/mol. The monoisotopic (exact) mass is 442 g/mol. The van der Waals surface area contributed by atoms with Crippen LogP contribution in [-0.2, 0) is 6.61 Å². The summed E-state index contributed by atoms with van der Waals surface area (Å²) in [5, 5.41) is 20.2. The summed E-state index contributed by atoms with van der Waals surface area (Å²) in [6.07, 6.45) is 1.48. The number of H-pyrrole nitrogens is 1.